The van der Waals surface area contributed by atoms with Gasteiger partial charge in [-0.05, 0) is 25.0 Å². The van der Waals surface area contributed by atoms with Crippen molar-refractivity contribution in [2.24, 2.45) is 0 Å². The summed E-state index contributed by atoms with van der Waals surface area (Å²) in [5, 5.41) is 9.19. The molecular weight excluding hydrogens is 212 g/mol. The first kappa shape index (κ1) is 13.4. The number of hydrogen-bond acceptors (Lipinski definition) is 3. The van der Waals surface area contributed by atoms with Gasteiger partial charge in [0, 0.05) is 13.1 Å². The van der Waals surface area contributed by atoms with Gasteiger partial charge in [0.1, 0.15) is 11.8 Å². The Balaban J connectivity index is 3.18. The summed E-state index contributed by atoms with van der Waals surface area (Å²) in [5.41, 5.74) is 1.62. The third-order valence-electron chi connectivity index (χ3n) is 2.64. The molecule has 3 nitrogen and oxygen atoms in total. The molecule has 3 heteroatoms. The number of nitriles is 1. The number of ether oxygens (including phenoxy) is 1. The molecule has 0 amide bonds. The zero-order valence-electron chi connectivity index (χ0n) is 10.9. The van der Waals surface area contributed by atoms with Crippen molar-refractivity contribution in [3.8, 4) is 11.8 Å². The van der Waals surface area contributed by atoms with Gasteiger partial charge in [0.05, 0.1) is 18.4 Å². The minimum Gasteiger partial charge on any atom is -0.495 e. The number of hydrogen-bond donors (Lipinski definition) is 0. The molecule has 0 aliphatic rings. The molecule has 1 aromatic rings. The maximum absolute atomic E-state index is 9.19. The molecule has 0 spiro atoms. The lowest BCUT2D eigenvalue weighted by Gasteiger charge is -2.26. The van der Waals surface area contributed by atoms with Crippen molar-refractivity contribution >= 4 is 5.69 Å². The molecule has 0 radical (unpaired) electrons. The van der Waals surface area contributed by atoms with E-state index in [1.807, 2.05) is 18.2 Å². The van der Waals surface area contributed by atoms with Crippen LogP contribution in [0.15, 0.2) is 18.2 Å². The second kappa shape index (κ2) is 6.80. The molecule has 0 aliphatic heterocycles. The van der Waals surface area contributed by atoms with Gasteiger partial charge in [-0.2, -0.15) is 5.26 Å². The molecule has 0 aromatic heterocycles. The van der Waals surface area contributed by atoms with Gasteiger partial charge >= 0.3 is 0 Å². The molecule has 0 aliphatic carbocycles. The van der Waals surface area contributed by atoms with Crippen molar-refractivity contribution in [1.29, 1.82) is 5.26 Å². The van der Waals surface area contributed by atoms with E-state index in [0.717, 1.165) is 37.4 Å². The van der Waals surface area contributed by atoms with Crippen LogP contribution in [0.25, 0.3) is 0 Å². The molecule has 0 fully saturated rings. The number of rotatable bonds is 6. The number of anilines is 1. The average Bonchev–Trinajstić information content (AvgIpc) is 2.37. The van der Waals surface area contributed by atoms with E-state index in [4.69, 9.17) is 4.74 Å². The quantitative estimate of drug-likeness (QED) is 0.755. The first-order valence-corrected chi connectivity index (χ1v) is 6.10. The van der Waals surface area contributed by atoms with Gasteiger partial charge in [-0.3, -0.25) is 0 Å². The highest BCUT2D eigenvalue weighted by molar-refractivity contribution is 5.68. The minimum absolute atomic E-state index is 0.686. The molecule has 0 saturated heterocycles. The second-order valence-corrected chi connectivity index (χ2v) is 3.96. The SMILES string of the molecule is CCCN(CCC)c1c(C#N)cccc1OC. The molecular formula is C14H20N2O. The van der Waals surface area contributed by atoms with Gasteiger partial charge in [0.2, 0.25) is 0 Å². The minimum atomic E-state index is 0.686. The van der Waals surface area contributed by atoms with Gasteiger partial charge < -0.3 is 9.64 Å². The average molecular weight is 232 g/mol. The number of nitrogens with zero attached hydrogens (tertiary/aromatic N) is 2. The topological polar surface area (TPSA) is 36.3 Å². The van der Waals surface area contributed by atoms with Crippen LogP contribution in [-0.4, -0.2) is 20.2 Å². The Morgan fingerprint density at radius 2 is 1.88 bits per heavy atom. The lowest BCUT2D eigenvalue weighted by molar-refractivity contribution is 0.414. The third kappa shape index (κ3) is 3.13. The molecule has 1 aromatic carbocycles. The lowest BCUT2D eigenvalue weighted by Crippen LogP contribution is -2.26. The van der Waals surface area contributed by atoms with E-state index < -0.39 is 0 Å². The van der Waals surface area contributed by atoms with Gasteiger partial charge in [-0.15, -0.1) is 0 Å². The van der Waals surface area contributed by atoms with Crippen molar-refractivity contribution in [2.75, 3.05) is 25.1 Å². The summed E-state index contributed by atoms with van der Waals surface area (Å²) in [6.45, 7) is 6.18. The van der Waals surface area contributed by atoms with Crippen LogP contribution < -0.4 is 9.64 Å². The van der Waals surface area contributed by atoms with E-state index in [-0.39, 0.29) is 0 Å². The molecule has 0 unspecified atom stereocenters. The normalized spacial score (nSPS) is 9.76. The molecule has 0 bridgehead atoms. The van der Waals surface area contributed by atoms with E-state index in [1.54, 1.807) is 7.11 Å². The fraction of sp³-hybridized carbons (Fsp3) is 0.500. The first-order chi connectivity index (χ1) is 8.28. The summed E-state index contributed by atoms with van der Waals surface area (Å²) < 4.78 is 5.37. The van der Waals surface area contributed by atoms with Crippen LogP contribution in [0.4, 0.5) is 5.69 Å². The Morgan fingerprint density at radius 1 is 1.24 bits per heavy atom. The van der Waals surface area contributed by atoms with E-state index >= 15 is 0 Å². The molecule has 92 valence electrons. The predicted molar refractivity (Wildman–Crippen MR) is 70.5 cm³/mol. The number of benzene rings is 1. The maximum atomic E-state index is 9.19. The van der Waals surface area contributed by atoms with E-state index in [9.17, 15) is 5.26 Å². The molecule has 0 atom stereocenters. The molecule has 0 heterocycles. The van der Waals surface area contributed by atoms with Crippen molar-refractivity contribution in [2.45, 2.75) is 26.7 Å². The van der Waals surface area contributed by atoms with Crippen LogP contribution in [0.5, 0.6) is 5.75 Å². The molecule has 1 rings (SSSR count). The van der Waals surface area contributed by atoms with Crippen molar-refractivity contribution in [1.82, 2.24) is 0 Å². The molecule has 0 N–H and O–H groups in total. The molecule has 0 saturated carbocycles. The van der Waals surface area contributed by atoms with Gasteiger partial charge in [0.15, 0.2) is 0 Å². The second-order valence-electron chi connectivity index (χ2n) is 3.96. The lowest BCUT2D eigenvalue weighted by atomic mass is 10.1. The summed E-state index contributed by atoms with van der Waals surface area (Å²) >= 11 is 0. The Hall–Kier alpha value is -1.69. The van der Waals surface area contributed by atoms with Crippen LogP contribution in [0, 0.1) is 11.3 Å². The third-order valence-corrected chi connectivity index (χ3v) is 2.64. The van der Waals surface area contributed by atoms with E-state index in [1.165, 1.54) is 0 Å². The fourth-order valence-corrected chi connectivity index (χ4v) is 1.98. The molecule has 17 heavy (non-hydrogen) atoms. The zero-order valence-corrected chi connectivity index (χ0v) is 10.9. The summed E-state index contributed by atoms with van der Waals surface area (Å²) in [6.07, 6.45) is 2.12. The van der Waals surface area contributed by atoms with Gasteiger partial charge in [0.25, 0.3) is 0 Å². The highest BCUT2D eigenvalue weighted by Gasteiger charge is 2.15. The fourth-order valence-electron chi connectivity index (χ4n) is 1.98. The monoisotopic (exact) mass is 232 g/mol. The predicted octanol–water partition coefficient (Wildman–Crippen LogP) is 3.19. The van der Waals surface area contributed by atoms with Crippen molar-refractivity contribution < 1.29 is 4.74 Å². The first-order valence-electron chi connectivity index (χ1n) is 6.10. The number of methoxy groups -OCH3 is 1. The highest BCUT2D eigenvalue weighted by atomic mass is 16.5. The van der Waals surface area contributed by atoms with Gasteiger partial charge in [-0.1, -0.05) is 19.9 Å². The highest BCUT2D eigenvalue weighted by Crippen LogP contribution is 2.32. The maximum Gasteiger partial charge on any atom is 0.143 e. The Kier molecular flexibility index (Phi) is 5.35. The standard InChI is InChI=1S/C14H20N2O/c1-4-9-16(10-5-2)14-12(11-15)7-6-8-13(14)17-3/h6-8H,4-5,9-10H2,1-3H3. The van der Waals surface area contributed by atoms with Gasteiger partial charge in [-0.25, -0.2) is 0 Å². The summed E-state index contributed by atoms with van der Waals surface area (Å²) in [5.74, 6) is 0.783. The smallest absolute Gasteiger partial charge is 0.143 e. The summed E-state index contributed by atoms with van der Waals surface area (Å²) in [7, 11) is 1.65. The van der Waals surface area contributed by atoms with Crippen LogP contribution >= 0.6 is 0 Å². The number of para-hydroxylation sites is 1. The van der Waals surface area contributed by atoms with E-state index in [0.29, 0.717) is 5.56 Å². The Bertz CT molecular complexity index is 390. The van der Waals surface area contributed by atoms with Crippen LogP contribution in [0.2, 0.25) is 0 Å². The Morgan fingerprint density at radius 3 is 2.35 bits per heavy atom. The van der Waals surface area contributed by atoms with E-state index in [2.05, 4.69) is 24.8 Å². The summed E-state index contributed by atoms with van der Waals surface area (Å²) in [6, 6.07) is 7.86. The summed E-state index contributed by atoms with van der Waals surface area (Å²) in [4.78, 5) is 2.23. The van der Waals surface area contributed by atoms with Crippen molar-refractivity contribution in [3.05, 3.63) is 23.8 Å². The van der Waals surface area contributed by atoms with Crippen LogP contribution in [-0.2, 0) is 0 Å². The largest absolute Gasteiger partial charge is 0.495 e. The van der Waals surface area contributed by atoms with Crippen molar-refractivity contribution in [3.63, 3.8) is 0 Å². The van der Waals surface area contributed by atoms with Crippen LogP contribution in [0.3, 0.4) is 0 Å². The van der Waals surface area contributed by atoms with Crippen LogP contribution in [0.1, 0.15) is 32.3 Å². The Labute approximate surface area is 104 Å². The zero-order chi connectivity index (χ0) is 12.7.